The lowest BCUT2D eigenvalue weighted by molar-refractivity contribution is -0.289. The van der Waals surface area contributed by atoms with Crippen molar-refractivity contribution < 1.29 is 14.6 Å². The molecule has 0 heterocycles. The van der Waals surface area contributed by atoms with Crippen LogP contribution in [0, 0.1) is 16.2 Å². The van der Waals surface area contributed by atoms with Crippen LogP contribution in [0.15, 0.2) is 0 Å². The van der Waals surface area contributed by atoms with Gasteiger partial charge in [-0.3, -0.25) is 4.89 Å². The first kappa shape index (κ1) is 16.4. The Morgan fingerprint density at radius 3 is 1.59 bits per heavy atom. The molecule has 0 saturated carbocycles. The molecular formula is C14H28O3. The lowest BCUT2D eigenvalue weighted by atomic mass is 9.53. The molecule has 0 radical (unpaired) electrons. The van der Waals surface area contributed by atoms with E-state index in [1.807, 2.05) is 6.92 Å². The van der Waals surface area contributed by atoms with Gasteiger partial charge in [0, 0.05) is 0 Å². The molecule has 0 aromatic carbocycles. The predicted octanol–water partition coefficient (Wildman–Crippen LogP) is 3.97. The second kappa shape index (κ2) is 5.38. The standard InChI is InChI=1S/C14H28O3/c1-9-14(12(3,4)5,13(6,7)8)11(15)17-16-10-2/h9-10H2,1-8H3. The van der Waals surface area contributed by atoms with Crippen LogP contribution in [0.1, 0.15) is 61.8 Å². The van der Waals surface area contributed by atoms with Crippen molar-refractivity contribution in [2.75, 3.05) is 6.61 Å². The molecule has 0 amide bonds. The Bertz CT molecular complexity index is 242. The van der Waals surface area contributed by atoms with E-state index in [9.17, 15) is 4.79 Å². The van der Waals surface area contributed by atoms with Crippen LogP contribution >= 0.6 is 0 Å². The van der Waals surface area contributed by atoms with Gasteiger partial charge < -0.3 is 0 Å². The molecule has 0 bridgehead atoms. The smallest absolute Gasteiger partial charge is 0.298 e. The molecule has 102 valence electrons. The summed E-state index contributed by atoms with van der Waals surface area (Å²) in [6.45, 7) is 16.7. The van der Waals surface area contributed by atoms with E-state index in [-0.39, 0.29) is 16.8 Å². The average Bonchev–Trinajstić information content (AvgIpc) is 2.11. The molecule has 0 N–H and O–H groups in total. The summed E-state index contributed by atoms with van der Waals surface area (Å²) in [6, 6.07) is 0. The van der Waals surface area contributed by atoms with E-state index in [4.69, 9.17) is 9.78 Å². The Labute approximate surface area is 106 Å². The van der Waals surface area contributed by atoms with E-state index in [1.165, 1.54) is 0 Å². The molecule has 0 aromatic rings. The van der Waals surface area contributed by atoms with Crippen LogP contribution in [0.5, 0.6) is 0 Å². The summed E-state index contributed by atoms with van der Waals surface area (Å²) in [6.07, 6.45) is 0.728. The fraction of sp³-hybridized carbons (Fsp3) is 0.929. The molecule has 3 nitrogen and oxygen atoms in total. The van der Waals surface area contributed by atoms with Crippen LogP contribution in [0.25, 0.3) is 0 Å². The minimum atomic E-state index is -0.560. The van der Waals surface area contributed by atoms with E-state index < -0.39 is 5.41 Å². The predicted molar refractivity (Wildman–Crippen MR) is 69.4 cm³/mol. The molecule has 0 fully saturated rings. The van der Waals surface area contributed by atoms with Gasteiger partial charge in [0.15, 0.2) is 0 Å². The normalized spacial score (nSPS) is 13.6. The van der Waals surface area contributed by atoms with Crippen LogP contribution in [0.4, 0.5) is 0 Å². The summed E-state index contributed by atoms with van der Waals surface area (Å²) in [5.74, 6) is -0.262. The molecule has 0 spiro atoms. The van der Waals surface area contributed by atoms with Crippen molar-refractivity contribution >= 4 is 5.97 Å². The SMILES string of the molecule is CCOOC(=O)C(CC)(C(C)(C)C)C(C)(C)C. The Hall–Kier alpha value is -0.570. The summed E-state index contributed by atoms with van der Waals surface area (Å²) in [7, 11) is 0. The van der Waals surface area contributed by atoms with Gasteiger partial charge in [0.1, 0.15) is 0 Å². The third kappa shape index (κ3) is 3.01. The topological polar surface area (TPSA) is 35.5 Å². The molecule has 0 atom stereocenters. The lowest BCUT2D eigenvalue weighted by Gasteiger charge is -2.50. The third-order valence-corrected chi connectivity index (χ3v) is 3.69. The van der Waals surface area contributed by atoms with E-state index in [1.54, 1.807) is 6.92 Å². The Morgan fingerprint density at radius 1 is 0.941 bits per heavy atom. The van der Waals surface area contributed by atoms with Gasteiger partial charge in [-0.05, 0) is 24.2 Å². The number of hydrogen-bond donors (Lipinski definition) is 0. The second-order valence-corrected chi connectivity index (χ2v) is 6.54. The number of hydrogen-bond acceptors (Lipinski definition) is 3. The summed E-state index contributed by atoms with van der Waals surface area (Å²) < 4.78 is 0. The minimum Gasteiger partial charge on any atom is -0.298 e. The van der Waals surface area contributed by atoms with Crippen molar-refractivity contribution in [1.29, 1.82) is 0 Å². The van der Waals surface area contributed by atoms with Crippen molar-refractivity contribution in [2.45, 2.75) is 61.8 Å². The van der Waals surface area contributed by atoms with Crippen LogP contribution in [-0.2, 0) is 14.6 Å². The molecule has 17 heavy (non-hydrogen) atoms. The van der Waals surface area contributed by atoms with E-state index in [0.29, 0.717) is 6.61 Å². The highest BCUT2D eigenvalue weighted by Crippen LogP contribution is 2.54. The highest BCUT2D eigenvalue weighted by molar-refractivity contribution is 5.78. The van der Waals surface area contributed by atoms with Gasteiger partial charge in [-0.1, -0.05) is 48.5 Å². The molecule has 0 aromatic heterocycles. The van der Waals surface area contributed by atoms with Gasteiger partial charge in [-0.2, -0.15) is 4.89 Å². The monoisotopic (exact) mass is 244 g/mol. The van der Waals surface area contributed by atoms with Gasteiger partial charge in [-0.15, -0.1) is 0 Å². The van der Waals surface area contributed by atoms with E-state index in [0.717, 1.165) is 6.42 Å². The van der Waals surface area contributed by atoms with Crippen molar-refractivity contribution in [2.24, 2.45) is 16.2 Å². The molecule has 0 aliphatic carbocycles. The molecule has 0 saturated heterocycles. The molecule has 0 aliphatic rings. The molecule has 0 rings (SSSR count). The first-order valence-electron chi connectivity index (χ1n) is 6.38. The van der Waals surface area contributed by atoms with Crippen molar-refractivity contribution in [3.8, 4) is 0 Å². The largest absolute Gasteiger partial charge is 0.349 e. The quantitative estimate of drug-likeness (QED) is 0.554. The zero-order valence-electron chi connectivity index (χ0n) is 12.6. The molecule has 0 aliphatic heterocycles. The maximum atomic E-state index is 12.4. The van der Waals surface area contributed by atoms with E-state index >= 15 is 0 Å². The summed E-state index contributed by atoms with van der Waals surface area (Å²) in [5.41, 5.74) is -0.933. The van der Waals surface area contributed by atoms with Crippen molar-refractivity contribution in [1.82, 2.24) is 0 Å². The van der Waals surface area contributed by atoms with Gasteiger partial charge >= 0.3 is 5.97 Å². The van der Waals surface area contributed by atoms with Crippen LogP contribution in [0.3, 0.4) is 0 Å². The fourth-order valence-electron chi connectivity index (χ4n) is 3.13. The number of carbonyl (C=O) groups excluding carboxylic acids is 1. The van der Waals surface area contributed by atoms with Crippen molar-refractivity contribution in [3.05, 3.63) is 0 Å². The zero-order chi connectivity index (χ0) is 13.9. The van der Waals surface area contributed by atoms with Crippen LogP contribution in [-0.4, -0.2) is 12.6 Å². The Morgan fingerprint density at radius 2 is 1.35 bits per heavy atom. The van der Waals surface area contributed by atoms with Crippen LogP contribution < -0.4 is 0 Å². The first-order valence-corrected chi connectivity index (χ1v) is 6.38. The number of carbonyl (C=O) groups is 1. The fourth-order valence-corrected chi connectivity index (χ4v) is 3.13. The van der Waals surface area contributed by atoms with Crippen molar-refractivity contribution in [3.63, 3.8) is 0 Å². The van der Waals surface area contributed by atoms with Crippen LogP contribution in [0.2, 0.25) is 0 Å². The third-order valence-electron chi connectivity index (χ3n) is 3.69. The second-order valence-electron chi connectivity index (χ2n) is 6.54. The summed E-state index contributed by atoms with van der Waals surface area (Å²) in [4.78, 5) is 22.2. The number of rotatable bonds is 4. The molecule has 3 heteroatoms. The maximum absolute atomic E-state index is 12.4. The van der Waals surface area contributed by atoms with Gasteiger partial charge in [0.2, 0.25) is 0 Å². The lowest BCUT2D eigenvalue weighted by Crippen LogP contribution is -2.52. The minimum absolute atomic E-state index is 0.186. The average molecular weight is 244 g/mol. The highest BCUT2D eigenvalue weighted by Gasteiger charge is 2.56. The summed E-state index contributed by atoms with van der Waals surface area (Å²) >= 11 is 0. The van der Waals surface area contributed by atoms with Gasteiger partial charge in [0.05, 0.1) is 12.0 Å². The maximum Gasteiger partial charge on any atom is 0.349 e. The Kier molecular flexibility index (Phi) is 5.20. The molecular weight excluding hydrogens is 216 g/mol. The highest BCUT2D eigenvalue weighted by atomic mass is 17.2. The first-order chi connectivity index (χ1) is 7.54. The van der Waals surface area contributed by atoms with Gasteiger partial charge in [-0.25, -0.2) is 4.79 Å². The molecule has 0 unspecified atom stereocenters. The zero-order valence-corrected chi connectivity index (χ0v) is 12.6. The summed E-state index contributed by atoms with van der Waals surface area (Å²) in [5, 5.41) is 0. The van der Waals surface area contributed by atoms with E-state index in [2.05, 4.69) is 41.5 Å². The Balaban J connectivity index is 5.45. The van der Waals surface area contributed by atoms with Gasteiger partial charge in [0.25, 0.3) is 0 Å².